The average molecular weight is 553 g/mol. The zero-order chi connectivity index (χ0) is 29.6. The molecule has 0 aliphatic heterocycles. The lowest BCUT2D eigenvalue weighted by Gasteiger charge is -2.50. The van der Waals surface area contributed by atoms with Crippen molar-refractivity contribution in [3.05, 3.63) is 66.4 Å². The van der Waals surface area contributed by atoms with Crippen molar-refractivity contribution in [1.29, 1.82) is 0 Å². The molecular weight excluding hydrogens is 524 g/mol. The van der Waals surface area contributed by atoms with Crippen LogP contribution in [0.2, 0.25) is 0 Å². The molecule has 3 aliphatic carbocycles. The van der Waals surface area contributed by atoms with Crippen molar-refractivity contribution in [1.82, 2.24) is 4.90 Å². The maximum atomic E-state index is 13.8. The number of phenols is 1. The summed E-state index contributed by atoms with van der Waals surface area (Å²) in [6.45, 7) is 3.36. The van der Waals surface area contributed by atoms with Crippen LogP contribution in [0.4, 0.5) is 0 Å². The van der Waals surface area contributed by atoms with E-state index in [0.29, 0.717) is 0 Å². The van der Waals surface area contributed by atoms with Crippen molar-refractivity contribution in [3.8, 4) is 22.6 Å². The predicted octanol–water partition coefficient (Wildman–Crippen LogP) is 0.171. The van der Waals surface area contributed by atoms with E-state index in [2.05, 4.69) is 0 Å². The van der Waals surface area contributed by atoms with Crippen molar-refractivity contribution >= 4 is 17.5 Å². The number of nitrogens with zero attached hydrogens (tertiary/aromatic N) is 1. The lowest BCUT2D eigenvalue weighted by Crippen LogP contribution is -2.63. The number of likely N-dealkylation sites (N-methyl/N-ethyl adjacent to an activating group) is 1. The summed E-state index contributed by atoms with van der Waals surface area (Å²) in [5.41, 5.74) is -0.0992. The number of carbonyl (C=O) groups excluding carboxylic acids is 3. The van der Waals surface area contributed by atoms with Gasteiger partial charge in [-0.15, -0.1) is 0 Å². The molecule has 0 heterocycles. The molecule has 0 radical (unpaired) electrons. The average Bonchev–Trinajstić information content (AvgIpc) is 2.86. The Kier molecular flexibility index (Phi) is 6.05. The highest BCUT2D eigenvalue weighted by Crippen LogP contribution is 2.53. The summed E-state index contributed by atoms with van der Waals surface area (Å²) in [4.78, 5) is 65.6. The van der Waals surface area contributed by atoms with Gasteiger partial charge in [-0.3, -0.25) is 28.9 Å². The second-order valence-corrected chi connectivity index (χ2v) is 11.0. The number of aromatic hydroxyl groups is 1. The van der Waals surface area contributed by atoms with E-state index in [-0.39, 0.29) is 46.4 Å². The number of Topliss-reactive ketones (excluding diaryl/α,β-unsaturated/α-hetero) is 2. The van der Waals surface area contributed by atoms with Crippen molar-refractivity contribution in [2.45, 2.75) is 44.4 Å². The number of ketones is 2. The van der Waals surface area contributed by atoms with E-state index in [0.717, 1.165) is 0 Å². The Bertz CT molecular complexity index is 1660. The first kappa shape index (κ1) is 27.3. The summed E-state index contributed by atoms with van der Waals surface area (Å²) in [6, 6.07) is 1.44. The van der Waals surface area contributed by atoms with Gasteiger partial charge in [0.05, 0.1) is 23.3 Å². The molecule has 12 heteroatoms. The van der Waals surface area contributed by atoms with E-state index in [1.165, 1.54) is 31.1 Å². The van der Waals surface area contributed by atoms with Crippen LogP contribution in [0.3, 0.4) is 0 Å². The number of carbonyl (C=O) groups is 3. The number of hydrogen-bond donors (Lipinski definition) is 5. The number of primary amides is 1. The number of aliphatic hydroxyl groups excluding tert-OH is 2. The molecule has 4 atom stereocenters. The first-order valence-electron chi connectivity index (χ1n) is 12.6. The Balaban J connectivity index is 1.72. The van der Waals surface area contributed by atoms with Crippen LogP contribution in [0.15, 0.2) is 44.4 Å². The van der Waals surface area contributed by atoms with Gasteiger partial charge in [0.25, 0.3) is 11.3 Å². The summed E-state index contributed by atoms with van der Waals surface area (Å²) in [5.74, 6) is -7.84. The molecule has 0 bridgehead atoms. The minimum absolute atomic E-state index is 0.0296. The first-order chi connectivity index (χ1) is 18.6. The summed E-state index contributed by atoms with van der Waals surface area (Å²) in [5, 5.41) is 44.6. The predicted molar refractivity (Wildman–Crippen MR) is 140 cm³/mol. The number of benzene rings is 1. The minimum Gasteiger partial charge on any atom is -0.510 e. The monoisotopic (exact) mass is 552 g/mol. The van der Waals surface area contributed by atoms with Gasteiger partial charge in [-0.25, -0.2) is 0 Å². The third-order valence-electron chi connectivity index (χ3n) is 8.10. The highest BCUT2D eigenvalue weighted by molar-refractivity contribution is 6.25. The van der Waals surface area contributed by atoms with Crippen LogP contribution in [0, 0.1) is 11.8 Å². The number of amides is 1. The van der Waals surface area contributed by atoms with E-state index in [4.69, 9.17) is 10.5 Å². The standard InChI is InChI=1S/C28H28N2O10/c1-9(2)40-24-17(22(34)23(24)35)11-5-6-14(31)16-12(11)7-10-8-13-19(30(3)4)21(33)18(27(29)38)26(37)28(13,39)25(36)15(10)20(16)32/h5-6,9-10,13,19,31,33,36,39H,7-8H2,1-4H3,(H2,29,38)/t10-,13-,19-,28-/m0/s1. The number of hydrogen-bond acceptors (Lipinski definition) is 11. The van der Waals surface area contributed by atoms with Crippen LogP contribution in [0.5, 0.6) is 11.5 Å². The van der Waals surface area contributed by atoms with Crippen molar-refractivity contribution < 1.29 is 39.5 Å². The van der Waals surface area contributed by atoms with Gasteiger partial charge >= 0.3 is 0 Å². The number of allylic oxidation sites excluding steroid dienone is 1. The Labute approximate surface area is 227 Å². The second-order valence-electron chi connectivity index (χ2n) is 11.0. The molecule has 0 aromatic heterocycles. The molecule has 6 N–H and O–H groups in total. The third-order valence-corrected chi connectivity index (χ3v) is 8.10. The molecule has 0 saturated heterocycles. The fraction of sp³-hybridized carbons (Fsp3) is 0.393. The first-order valence-corrected chi connectivity index (χ1v) is 12.6. The molecule has 210 valence electrons. The maximum absolute atomic E-state index is 13.8. The molecule has 1 amide bonds. The van der Waals surface area contributed by atoms with Crippen LogP contribution in [-0.4, -0.2) is 74.6 Å². The van der Waals surface area contributed by atoms with E-state index in [9.17, 15) is 44.4 Å². The zero-order valence-electron chi connectivity index (χ0n) is 22.1. The number of phenolic OH excluding ortho intramolecular Hbond substituents is 1. The Morgan fingerprint density at radius 3 is 2.30 bits per heavy atom. The lowest BCUT2D eigenvalue weighted by molar-refractivity contribution is -0.148. The van der Waals surface area contributed by atoms with Gasteiger partial charge in [0.2, 0.25) is 11.2 Å². The van der Waals surface area contributed by atoms with Crippen LogP contribution >= 0.6 is 0 Å². The van der Waals surface area contributed by atoms with Crippen LogP contribution in [0.25, 0.3) is 11.1 Å². The summed E-state index contributed by atoms with van der Waals surface area (Å²) >= 11 is 0. The van der Waals surface area contributed by atoms with Gasteiger partial charge in [-0.05, 0) is 63.9 Å². The Hall–Kier alpha value is -4.29. The quantitative estimate of drug-likeness (QED) is 0.250. The van der Waals surface area contributed by atoms with E-state index in [1.807, 2.05) is 0 Å². The largest absolute Gasteiger partial charge is 0.510 e. The molecule has 2 aromatic rings. The molecular formula is C28H28N2O10. The van der Waals surface area contributed by atoms with Crippen LogP contribution in [0.1, 0.15) is 36.2 Å². The summed E-state index contributed by atoms with van der Waals surface area (Å²) < 4.78 is 5.55. The van der Waals surface area contributed by atoms with Crippen molar-refractivity contribution in [3.63, 3.8) is 0 Å². The smallest absolute Gasteiger partial charge is 0.268 e. The van der Waals surface area contributed by atoms with Gasteiger partial charge in [-0.2, -0.15) is 0 Å². The Morgan fingerprint density at radius 1 is 1.07 bits per heavy atom. The Morgan fingerprint density at radius 2 is 1.73 bits per heavy atom. The van der Waals surface area contributed by atoms with Crippen molar-refractivity contribution in [2.75, 3.05) is 14.1 Å². The number of aliphatic hydroxyl groups is 3. The van der Waals surface area contributed by atoms with Gasteiger partial charge in [0.15, 0.2) is 17.1 Å². The van der Waals surface area contributed by atoms with Gasteiger partial charge in [-0.1, -0.05) is 6.07 Å². The molecule has 0 spiro atoms. The summed E-state index contributed by atoms with van der Waals surface area (Å²) in [6.07, 6.45) is -0.558. The number of ether oxygens (including phenoxy) is 1. The zero-order valence-corrected chi connectivity index (χ0v) is 22.1. The lowest BCUT2D eigenvalue weighted by atomic mass is 9.58. The molecule has 0 saturated carbocycles. The SMILES string of the molecule is CC(C)Oc1c(-c2ccc(O)c3c2C[C@H]2C[C@H]4[C@H](N(C)C)C(O)=C(C(N)=O)C(=O)[C@@]4(O)C(O)=C2C3=O)c(=O)c1=O. The number of rotatable bonds is 5. The number of nitrogens with two attached hydrogens (primary N) is 1. The van der Waals surface area contributed by atoms with E-state index in [1.54, 1.807) is 13.8 Å². The van der Waals surface area contributed by atoms with Gasteiger partial charge < -0.3 is 30.9 Å². The molecule has 0 unspecified atom stereocenters. The van der Waals surface area contributed by atoms with Crippen LogP contribution < -0.4 is 21.3 Å². The van der Waals surface area contributed by atoms with E-state index >= 15 is 0 Å². The molecule has 12 nitrogen and oxygen atoms in total. The molecule has 0 fully saturated rings. The van der Waals surface area contributed by atoms with E-state index < -0.39 is 80.8 Å². The topological polar surface area (TPSA) is 205 Å². The minimum atomic E-state index is -2.76. The number of fused-ring (bicyclic) bond motifs is 3. The summed E-state index contributed by atoms with van der Waals surface area (Å²) in [7, 11) is 3.07. The third kappa shape index (κ3) is 3.42. The van der Waals surface area contributed by atoms with Crippen molar-refractivity contribution in [2.24, 2.45) is 17.6 Å². The fourth-order valence-electron chi connectivity index (χ4n) is 6.45. The maximum Gasteiger partial charge on any atom is 0.268 e. The van der Waals surface area contributed by atoms with Gasteiger partial charge in [0, 0.05) is 11.5 Å². The normalized spacial score (nSPS) is 26.3. The fourth-order valence-corrected chi connectivity index (χ4v) is 6.45. The highest BCUT2D eigenvalue weighted by Gasteiger charge is 2.63. The molecule has 40 heavy (non-hydrogen) atoms. The van der Waals surface area contributed by atoms with Gasteiger partial charge in [0.1, 0.15) is 22.8 Å². The highest BCUT2D eigenvalue weighted by atomic mass is 16.5. The second kappa shape index (κ2) is 8.86. The molecule has 3 aliphatic rings. The van der Waals surface area contributed by atoms with Crippen LogP contribution in [-0.2, 0) is 16.0 Å². The molecule has 5 rings (SSSR count). The molecule has 2 aromatic carbocycles.